The number of amides is 1. The summed E-state index contributed by atoms with van der Waals surface area (Å²) in [4.78, 5) is 14.6. The van der Waals surface area contributed by atoms with Crippen molar-refractivity contribution >= 4 is 17.5 Å². The third-order valence-corrected chi connectivity index (χ3v) is 5.04. The van der Waals surface area contributed by atoms with Gasteiger partial charge in [-0.1, -0.05) is 48.0 Å². The van der Waals surface area contributed by atoms with Gasteiger partial charge in [0.1, 0.15) is 5.75 Å². The maximum atomic E-state index is 12.3. The summed E-state index contributed by atoms with van der Waals surface area (Å²) in [5, 5.41) is 3.70. The molecule has 27 heavy (non-hydrogen) atoms. The van der Waals surface area contributed by atoms with Gasteiger partial charge in [0.25, 0.3) is 5.91 Å². The molecule has 1 aliphatic heterocycles. The van der Waals surface area contributed by atoms with E-state index in [2.05, 4.69) is 10.2 Å². The number of hydrogen-bond donors (Lipinski definition) is 1. The number of carbonyl (C=O) groups excluding carboxylic acids is 1. The number of nitrogens with one attached hydrogen (secondary N) is 1. The van der Waals surface area contributed by atoms with Gasteiger partial charge in [-0.05, 0) is 30.2 Å². The van der Waals surface area contributed by atoms with Crippen LogP contribution < -0.4 is 10.1 Å². The zero-order chi connectivity index (χ0) is 19.1. The second kappa shape index (κ2) is 9.74. The van der Waals surface area contributed by atoms with Gasteiger partial charge in [-0.3, -0.25) is 9.69 Å². The topological polar surface area (TPSA) is 50.8 Å². The Morgan fingerprint density at radius 1 is 1.19 bits per heavy atom. The van der Waals surface area contributed by atoms with Crippen molar-refractivity contribution in [3.8, 4) is 5.75 Å². The van der Waals surface area contributed by atoms with Gasteiger partial charge in [-0.15, -0.1) is 0 Å². The van der Waals surface area contributed by atoms with Crippen LogP contribution in [0.1, 0.15) is 17.2 Å². The number of ether oxygens (including phenoxy) is 2. The maximum Gasteiger partial charge on any atom is 0.258 e. The summed E-state index contributed by atoms with van der Waals surface area (Å²) in [6.07, 6.45) is 0. The third kappa shape index (κ3) is 5.45. The van der Waals surface area contributed by atoms with E-state index in [4.69, 9.17) is 21.1 Å². The molecule has 1 unspecified atom stereocenters. The molecule has 1 amide bonds. The molecule has 1 aliphatic rings. The summed E-state index contributed by atoms with van der Waals surface area (Å²) in [6.45, 7) is 5.41. The van der Waals surface area contributed by atoms with Crippen molar-refractivity contribution in [1.29, 1.82) is 0 Å². The Hall–Kier alpha value is -2.08. The molecule has 1 N–H and O–H groups in total. The van der Waals surface area contributed by atoms with Crippen LogP contribution in [0.25, 0.3) is 0 Å². The Morgan fingerprint density at radius 3 is 2.63 bits per heavy atom. The molecule has 0 aliphatic carbocycles. The average molecular weight is 389 g/mol. The molecular weight excluding hydrogens is 364 g/mol. The van der Waals surface area contributed by atoms with Gasteiger partial charge >= 0.3 is 0 Å². The molecule has 0 saturated carbocycles. The first-order chi connectivity index (χ1) is 13.1. The van der Waals surface area contributed by atoms with Gasteiger partial charge in [-0.25, -0.2) is 0 Å². The molecule has 0 bridgehead atoms. The van der Waals surface area contributed by atoms with E-state index < -0.39 is 0 Å². The zero-order valence-corrected chi connectivity index (χ0v) is 16.2. The Labute approximate surface area is 165 Å². The minimum Gasteiger partial charge on any atom is -0.484 e. The number of halogens is 1. The van der Waals surface area contributed by atoms with Crippen LogP contribution in [-0.2, 0) is 9.53 Å². The summed E-state index contributed by atoms with van der Waals surface area (Å²) < 4.78 is 11.1. The van der Waals surface area contributed by atoms with Crippen molar-refractivity contribution in [3.63, 3.8) is 0 Å². The molecule has 1 atom stereocenters. The predicted molar refractivity (Wildman–Crippen MR) is 106 cm³/mol. The standard InChI is InChI=1S/C21H25ClN2O3/c1-16-6-2-5-9-20(16)27-15-21(25)23-14-19(24-10-12-26-13-11-24)17-7-3-4-8-18(17)22/h2-9,19H,10-15H2,1H3,(H,23,25). The highest BCUT2D eigenvalue weighted by atomic mass is 35.5. The van der Waals surface area contributed by atoms with Crippen LogP contribution in [0.3, 0.4) is 0 Å². The number of para-hydroxylation sites is 1. The number of nitrogens with zero attached hydrogens (tertiary/aromatic N) is 1. The van der Waals surface area contributed by atoms with E-state index >= 15 is 0 Å². The van der Waals surface area contributed by atoms with E-state index in [-0.39, 0.29) is 18.6 Å². The normalized spacial score (nSPS) is 15.9. The minimum atomic E-state index is -0.149. The average Bonchev–Trinajstić information content (AvgIpc) is 2.69. The number of rotatable bonds is 7. The second-order valence-corrected chi connectivity index (χ2v) is 6.95. The lowest BCUT2D eigenvalue weighted by atomic mass is 10.0. The number of carbonyl (C=O) groups is 1. The molecule has 1 fully saturated rings. The lowest BCUT2D eigenvalue weighted by Gasteiger charge is -2.35. The van der Waals surface area contributed by atoms with E-state index in [1.54, 1.807) is 0 Å². The second-order valence-electron chi connectivity index (χ2n) is 6.54. The van der Waals surface area contributed by atoms with Crippen LogP contribution in [0.4, 0.5) is 0 Å². The predicted octanol–water partition coefficient (Wildman–Crippen LogP) is 3.22. The summed E-state index contributed by atoms with van der Waals surface area (Å²) in [5.74, 6) is 0.576. The molecule has 0 radical (unpaired) electrons. The molecule has 2 aromatic rings. The number of benzene rings is 2. The van der Waals surface area contributed by atoms with Gasteiger partial charge < -0.3 is 14.8 Å². The van der Waals surface area contributed by atoms with Gasteiger partial charge in [0.15, 0.2) is 6.61 Å². The Morgan fingerprint density at radius 2 is 1.89 bits per heavy atom. The molecule has 1 saturated heterocycles. The molecule has 6 heteroatoms. The fourth-order valence-electron chi connectivity index (χ4n) is 3.19. The van der Waals surface area contributed by atoms with Gasteiger partial charge in [-0.2, -0.15) is 0 Å². The molecule has 0 spiro atoms. The SMILES string of the molecule is Cc1ccccc1OCC(=O)NCC(c1ccccc1Cl)N1CCOCC1. The summed E-state index contributed by atoms with van der Waals surface area (Å²) in [6, 6.07) is 15.4. The molecule has 0 aromatic heterocycles. The van der Waals surface area contributed by atoms with Crippen LogP contribution in [0.2, 0.25) is 5.02 Å². The molecule has 2 aromatic carbocycles. The Balaban J connectivity index is 1.61. The van der Waals surface area contributed by atoms with E-state index in [9.17, 15) is 4.79 Å². The van der Waals surface area contributed by atoms with Crippen molar-refractivity contribution in [1.82, 2.24) is 10.2 Å². The van der Waals surface area contributed by atoms with E-state index in [1.165, 1.54) is 0 Å². The van der Waals surface area contributed by atoms with Crippen molar-refractivity contribution < 1.29 is 14.3 Å². The van der Waals surface area contributed by atoms with Gasteiger partial charge in [0, 0.05) is 24.7 Å². The van der Waals surface area contributed by atoms with Crippen LogP contribution >= 0.6 is 11.6 Å². The molecule has 5 nitrogen and oxygen atoms in total. The van der Waals surface area contributed by atoms with Crippen LogP contribution in [-0.4, -0.2) is 50.3 Å². The zero-order valence-electron chi connectivity index (χ0n) is 15.5. The Bertz CT molecular complexity index is 763. The van der Waals surface area contributed by atoms with E-state index in [0.717, 1.165) is 30.0 Å². The smallest absolute Gasteiger partial charge is 0.258 e. The Kier molecular flexibility index (Phi) is 7.10. The summed E-state index contributed by atoms with van der Waals surface area (Å²) in [5.41, 5.74) is 2.02. The largest absolute Gasteiger partial charge is 0.484 e. The number of hydrogen-bond acceptors (Lipinski definition) is 4. The first-order valence-electron chi connectivity index (χ1n) is 9.16. The van der Waals surface area contributed by atoms with Crippen molar-refractivity contribution in [3.05, 3.63) is 64.7 Å². The lowest BCUT2D eigenvalue weighted by Crippen LogP contribution is -2.44. The quantitative estimate of drug-likeness (QED) is 0.791. The fraction of sp³-hybridized carbons (Fsp3) is 0.381. The van der Waals surface area contributed by atoms with Gasteiger partial charge in [0.2, 0.25) is 0 Å². The molecular formula is C21H25ClN2O3. The minimum absolute atomic E-state index is 0.00464. The highest BCUT2D eigenvalue weighted by Crippen LogP contribution is 2.27. The summed E-state index contributed by atoms with van der Waals surface area (Å²) >= 11 is 6.42. The summed E-state index contributed by atoms with van der Waals surface area (Å²) in [7, 11) is 0. The third-order valence-electron chi connectivity index (χ3n) is 4.70. The maximum absolute atomic E-state index is 12.3. The van der Waals surface area contributed by atoms with E-state index in [0.29, 0.717) is 24.8 Å². The van der Waals surface area contributed by atoms with Crippen molar-refractivity contribution in [2.24, 2.45) is 0 Å². The van der Waals surface area contributed by atoms with Gasteiger partial charge in [0.05, 0.1) is 19.3 Å². The number of aryl methyl sites for hydroxylation is 1. The molecule has 3 rings (SSSR count). The monoisotopic (exact) mass is 388 g/mol. The molecule has 144 valence electrons. The number of morpholine rings is 1. The van der Waals surface area contributed by atoms with Crippen LogP contribution in [0, 0.1) is 6.92 Å². The van der Waals surface area contributed by atoms with Crippen LogP contribution in [0.15, 0.2) is 48.5 Å². The molecule has 1 heterocycles. The van der Waals surface area contributed by atoms with Crippen LogP contribution in [0.5, 0.6) is 5.75 Å². The lowest BCUT2D eigenvalue weighted by molar-refractivity contribution is -0.123. The van der Waals surface area contributed by atoms with E-state index in [1.807, 2.05) is 55.5 Å². The highest BCUT2D eigenvalue weighted by molar-refractivity contribution is 6.31. The highest BCUT2D eigenvalue weighted by Gasteiger charge is 2.24. The van der Waals surface area contributed by atoms with Crippen molar-refractivity contribution in [2.75, 3.05) is 39.5 Å². The fourth-order valence-corrected chi connectivity index (χ4v) is 3.46. The van der Waals surface area contributed by atoms with Crippen molar-refractivity contribution in [2.45, 2.75) is 13.0 Å². The first kappa shape index (κ1) is 19.7. The first-order valence-corrected chi connectivity index (χ1v) is 9.54.